The molecule has 0 aromatic heterocycles. The highest BCUT2D eigenvalue weighted by molar-refractivity contribution is 6.34. The average Bonchev–Trinajstić information content (AvgIpc) is 2.47. The van der Waals surface area contributed by atoms with Crippen LogP contribution in [0.5, 0.6) is 0 Å². The summed E-state index contributed by atoms with van der Waals surface area (Å²) in [5.41, 5.74) is 0.671. The Kier molecular flexibility index (Phi) is 5.48. The number of carbonyl (C=O) groups is 2. The molecule has 1 aliphatic rings. The molecule has 2 rings (SSSR count). The maximum absolute atomic E-state index is 12.4. The van der Waals surface area contributed by atoms with Gasteiger partial charge < -0.3 is 10.2 Å². The van der Waals surface area contributed by atoms with Gasteiger partial charge in [0.15, 0.2) is 0 Å². The first-order chi connectivity index (χ1) is 10.4. The second kappa shape index (κ2) is 7.16. The molecule has 1 saturated heterocycles. The van der Waals surface area contributed by atoms with E-state index in [0.717, 1.165) is 0 Å². The third-order valence-corrected chi connectivity index (χ3v) is 4.11. The molecular formula is C16H18Cl2N2O2. The van der Waals surface area contributed by atoms with Crippen LogP contribution < -0.4 is 5.32 Å². The van der Waals surface area contributed by atoms with Crippen molar-refractivity contribution < 1.29 is 9.59 Å². The van der Waals surface area contributed by atoms with Crippen molar-refractivity contribution in [2.75, 3.05) is 13.1 Å². The van der Waals surface area contributed by atoms with Crippen LogP contribution in [-0.4, -0.2) is 35.8 Å². The Hall–Kier alpha value is -1.52. The second-order valence-corrected chi connectivity index (χ2v) is 6.35. The summed E-state index contributed by atoms with van der Waals surface area (Å²) in [6.45, 7) is 4.82. The first-order valence-corrected chi connectivity index (χ1v) is 7.87. The Labute approximate surface area is 140 Å². The van der Waals surface area contributed by atoms with Gasteiger partial charge in [0, 0.05) is 29.2 Å². The molecule has 0 bridgehead atoms. The molecule has 1 unspecified atom stereocenters. The number of nitrogens with one attached hydrogen (secondary N) is 1. The van der Waals surface area contributed by atoms with E-state index in [1.807, 2.05) is 13.8 Å². The summed E-state index contributed by atoms with van der Waals surface area (Å²) in [6.07, 6.45) is 3.06. The SMILES string of the molecule is CC(C)C1C(=O)NCCN1C(=O)C=Cc1cc(Cl)ccc1Cl. The summed E-state index contributed by atoms with van der Waals surface area (Å²) >= 11 is 12.0. The first kappa shape index (κ1) is 16.8. The molecule has 1 atom stereocenters. The largest absolute Gasteiger partial charge is 0.353 e. The summed E-state index contributed by atoms with van der Waals surface area (Å²) in [5.74, 6) is -0.263. The Bertz CT molecular complexity index is 614. The van der Waals surface area contributed by atoms with Crippen LogP contribution in [-0.2, 0) is 9.59 Å². The number of hydrogen-bond acceptors (Lipinski definition) is 2. The molecule has 6 heteroatoms. The van der Waals surface area contributed by atoms with Crippen LogP contribution in [0.25, 0.3) is 6.08 Å². The van der Waals surface area contributed by atoms with E-state index < -0.39 is 6.04 Å². The van der Waals surface area contributed by atoms with E-state index in [0.29, 0.717) is 28.7 Å². The van der Waals surface area contributed by atoms with Crippen molar-refractivity contribution in [1.29, 1.82) is 0 Å². The summed E-state index contributed by atoms with van der Waals surface area (Å²) in [7, 11) is 0. The van der Waals surface area contributed by atoms with E-state index in [1.165, 1.54) is 6.08 Å². The van der Waals surface area contributed by atoms with Gasteiger partial charge in [-0.3, -0.25) is 9.59 Å². The zero-order valence-electron chi connectivity index (χ0n) is 12.5. The summed E-state index contributed by atoms with van der Waals surface area (Å²) < 4.78 is 0. The van der Waals surface area contributed by atoms with Gasteiger partial charge in [-0.15, -0.1) is 0 Å². The van der Waals surface area contributed by atoms with Crippen LogP contribution in [0.4, 0.5) is 0 Å². The van der Waals surface area contributed by atoms with Gasteiger partial charge in [-0.25, -0.2) is 0 Å². The highest BCUT2D eigenvalue weighted by Crippen LogP contribution is 2.22. The number of hydrogen-bond donors (Lipinski definition) is 1. The standard InChI is InChI=1S/C16H18Cl2N2O2/c1-10(2)15-16(22)19-7-8-20(15)14(21)6-3-11-9-12(17)4-5-13(11)18/h3-6,9-10,15H,7-8H2,1-2H3,(H,19,22). The molecule has 1 fully saturated rings. The second-order valence-electron chi connectivity index (χ2n) is 5.51. The number of nitrogens with zero attached hydrogens (tertiary/aromatic N) is 1. The van der Waals surface area contributed by atoms with E-state index in [2.05, 4.69) is 5.32 Å². The van der Waals surface area contributed by atoms with Gasteiger partial charge >= 0.3 is 0 Å². The van der Waals surface area contributed by atoms with Crippen LogP contribution in [0.2, 0.25) is 10.0 Å². The molecule has 4 nitrogen and oxygen atoms in total. The number of piperazine rings is 1. The van der Waals surface area contributed by atoms with Gasteiger partial charge in [-0.2, -0.15) is 0 Å². The van der Waals surface area contributed by atoms with Crippen LogP contribution >= 0.6 is 23.2 Å². The molecule has 1 aromatic rings. The lowest BCUT2D eigenvalue weighted by Crippen LogP contribution is -2.58. The van der Waals surface area contributed by atoms with Crippen LogP contribution in [0.1, 0.15) is 19.4 Å². The lowest BCUT2D eigenvalue weighted by atomic mass is 9.99. The van der Waals surface area contributed by atoms with E-state index in [1.54, 1.807) is 29.2 Å². The molecule has 0 saturated carbocycles. The number of rotatable bonds is 3. The zero-order valence-corrected chi connectivity index (χ0v) is 14.0. The number of benzene rings is 1. The summed E-state index contributed by atoms with van der Waals surface area (Å²) in [6, 6.07) is 4.61. The normalized spacial score (nSPS) is 18.9. The zero-order chi connectivity index (χ0) is 16.3. The van der Waals surface area contributed by atoms with Gasteiger partial charge in [-0.1, -0.05) is 37.0 Å². The monoisotopic (exact) mass is 340 g/mol. The Morgan fingerprint density at radius 3 is 2.82 bits per heavy atom. The molecule has 0 aliphatic carbocycles. The highest BCUT2D eigenvalue weighted by Gasteiger charge is 2.34. The molecule has 1 N–H and O–H groups in total. The van der Waals surface area contributed by atoms with Crippen LogP contribution in [0.15, 0.2) is 24.3 Å². The maximum Gasteiger partial charge on any atom is 0.247 e. The van der Waals surface area contributed by atoms with Gasteiger partial charge in [0.2, 0.25) is 11.8 Å². The summed E-state index contributed by atoms with van der Waals surface area (Å²) in [4.78, 5) is 26.0. The van der Waals surface area contributed by atoms with E-state index in [-0.39, 0.29) is 17.7 Å². The fourth-order valence-electron chi connectivity index (χ4n) is 2.49. The van der Waals surface area contributed by atoms with Gasteiger partial charge in [0.1, 0.15) is 6.04 Å². The van der Waals surface area contributed by atoms with Crippen molar-refractivity contribution in [3.8, 4) is 0 Å². The number of halogens is 2. The van der Waals surface area contributed by atoms with Gasteiger partial charge in [-0.05, 0) is 35.8 Å². The third-order valence-electron chi connectivity index (χ3n) is 3.53. The first-order valence-electron chi connectivity index (χ1n) is 7.11. The third kappa shape index (κ3) is 3.81. The van der Waals surface area contributed by atoms with E-state index in [9.17, 15) is 9.59 Å². The van der Waals surface area contributed by atoms with Crippen molar-refractivity contribution in [2.24, 2.45) is 5.92 Å². The highest BCUT2D eigenvalue weighted by atomic mass is 35.5. The van der Waals surface area contributed by atoms with Crippen molar-refractivity contribution in [2.45, 2.75) is 19.9 Å². The van der Waals surface area contributed by atoms with Crippen LogP contribution in [0, 0.1) is 5.92 Å². The topological polar surface area (TPSA) is 49.4 Å². The minimum Gasteiger partial charge on any atom is -0.353 e. The average molecular weight is 341 g/mol. The fraction of sp³-hybridized carbons (Fsp3) is 0.375. The minimum absolute atomic E-state index is 0.0485. The van der Waals surface area contributed by atoms with E-state index >= 15 is 0 Å². The van der Waals surface area contributed by atoms with Crippen molar-refractivity contribution >= 4 is 41.1 Å². The Balaban J connectivity index is 2.18. The predicted molar refractivity (Wildman–Crippen MR) is 88.8 cm³/mol. The minimum atomic E-state index is -0.444. The van der Waals surface area contributed by atoms with Crippen molar-refractivity contribution in [1.82, 2.24) is 10.2 Å². The van der Waals surface area contributed by atoms with Crippen molar-refractivity contribution in [3.63, 3.8) is 0 Å². The number of amides is 2. The smallest absolute Gasteiger partial charge is 0.247 e. The van der Waals surface area contributed by atoms with Crippen molar-refractivity contribution in [3.05, 3.63) is 39.9 Å². The number of carbonyl (C=O) groups excluding carboxylic acids is 2. The molecule has 0 spiro atoms. The molecule has 2 amide bonds. The molecule has 118 valence electrons. The Morgan fingerprint density at radius 1 is 1.41 bits per heavy atom. The Morgan fingerprint density at radius 2 is 2.14 bits per heavy atom. The van der Waals surface area contributed by atoms with E-state index in [4.69, 9.17) is 23.2 Å². The lowest BCUT2D eigenvalue weighted by molar-refractivity contribution is -0.141. The predicted octanol–water partition coefficient (Wildman–Crippen LogP) is 2.99. The molecule has 1 aromatic carbocycles. The van der Waals surface area contributed by atoms with Gasteiger partial charge in [0.25, 0.3) is 0 Å². The summed E-state index contributed by atoms with van der Waals surface area (Å²) in [5, 5.41) is 3.86. The van der Waals surface area contributed by atoms with Crippen LogP contribution in [0.3, 0.4) is 0 Å². The molecule has 1 aliphatic heterocycles. The molecule has 1 heterocycles. The quantitative estimate of drug-likeness (QED) is 0.860. The molecule has 22 heavy (non-hydrogen) atoms. The molecule has 0 radical (unpaired) electrons. The molecular weight excluding hydrogens is 323 g/mol. The maximum atomic E-state index is 12.4. The fourth-order valence-corrected chi connectivity index (χ4v) is 2.85. The van der Waals surface area contributed by atoms with Gasteiger partial charge in [0.05, 0.1) is 0 Å². The lowest BCUT2D eigenvalue weighted by Gasteiger charge is -2.36.